The van der Waals surface area contributed by atoms with Crippen molar-refractivity contribution in [2.45, 2.75) is 26.3 Å². The highest BCUT2D eigenvalue weighted by Crippen LogP contribution is 2.39. The Morgan fingerprint density at radius 2 is 2.00 bits per heavy atom. The predicted octanol–water partition coefficient (Wildman–Crippen LogP) is 4.68. The number of hydrogen-bond acceptors (Lipinski definition) is 2. The van der Waals surface area contributed by atoms with Gasteiger partial charge in [-0.3, -0.25) is 0 Å². The van der Waals surface area contributed by atoms with Gasteiger partial charge in [-0.2, -0.15) is 0 Å². The molecule has 4 heteroatoms. The summed E-state index contributed by atoms with van der Waals surface area (Å²) in [4.78, 5) is 3.66. The monoisotopic (exact) mass is 340 g/mol. The number of H-pyrrole nitrogens is 1. The molecule has 0 amide bonds. The van der Waals surface area contributed by atoms with Crippen molar-refractivity contribution in [2.24, 2.45) is 0 Å². The number of benzene rings is 2. The highest BCUT2D eigenvalue weighted by molar-refractivity contribution is 6.30. The summed E-state index contributed by atoms with van der Waals surface area (Å²) >= 11 is 6.25. The van der Waals surface area contributed by atoms with Crippen LogP contribution >= 0.6 is 11.6 Å². The lowest BCUT2D eigenvalue weighted by atomic mass is 9.92. The van der Waals surface area contributed by atoms with Crippen molar-refractivity contribution in [3.05, 3.63) is 63.3 Å². The predicted molar refractivity (Wildman–Crippen MR) is 99.3 cm³/mol. The van der Waals surface area contributed by atoms with Crippen LogP contribution in [0.5, 0.6) is 5.75 Å². The summed E-state index contributed by atoms with van der Waals surface area (Å²) in [5, 5.41) is 5.71. The fourth-order valence-corrected chi connectivity index (χ4v) is 4.15. The molecule has 2 N–H and O–H groups in total. The Morgan fingerprint density at radius 3 is 2.79 bits per heavy atom. The number of ether oxygens (including phenoxy) is 1. The Hall–Kier alpha value is -1.97. The van der Waals surface area contributed by atoms with Crippen molar-refractivity contribution in [2.75, 3.05) is 13.7 Å². The zero-order chi connectivity index (χ0) is 16.8. The minimum Gasteiger partial charge on any atom is -0.496 e. The zero-order valence-electron chi connectivity index (χ0n) is 14.2. The van der Waals surface area contributed by atoms with Crippen LogP contribution in [0.25, 0.3) is 10.9 Å². The van der Waals surface area contributed by atoms with Crippen molar-refractivity contribution in [1.29, 1.82) is 0 Å². The van der Waals surface area contributed by atoms with E-state index >= 15 is 0 Å². The molecule has 1 atom stereocenters. The molecule has 0 saturated carbocycles. The van der Waals surface area contributed by atoms with E-state index in [9.17, 15) is 0 Å². The molecule has 124 valence electrons. The molecule has 1 aliphatic heterocycles. The number of halogens is 1. The molecule has 3 aromatic rings. The highest BCUT2D eigenvalue weighted by Gasteiger charge is 2.28. The summed E-state index contributed by atoms with van der Waals surface area (Å²) in [5.41, 5.74) is 7.54. The Labute approximate surface area is 147 Å². The fourth-order valence-electron chi connectivity index (χ4n) is 3.97. The minimum absolute atomic E-state index is 0.0644. The Balaban J connectivity index is 1.94. The lowest BCUT2D eigenvalue weighted by molar-refractivity contribution is 0.402. The van der Waals surface area contributed by atoms with E-state index in [1.54, 1.807) is 7.11 Å². The first kappa shape index (κ1) is 15.6. The smallest absolute Gasteiger partial charge is 0.124 e. The van der Waals surface area contributed by atoms with Crippen molar-refractivity contribution < 1.29 is 4.74 Å². The molecule has 0 radical (unpaired) electrons. The van der Waals surface area contributed by atoms with E-state index in [0.717, 1.165) is 29.3 Å². The number of hydrogen-bond donors (Lipinski definition) is 2. The molecule has 4 rings (SSSR count). The number of methoxy groups -OCH3 is 1. The molecule has 2 aromatic carbocycles. The maximum Gasteiger partial charge on any atom is 0.124 e. The Morgan fingerprint density at radius 1 is 1.17 bits per heavy atom. The third-order valence-electron chi connectivity index (χ3n) is 4.89. The second-order valence-electron chi connectivity index (χ2n) is 6.55. The molecule has 2 heterocycles. The van der Waals surface area contributed by atoms with E-state index < -0.39 is 0 Å². The molecule has 1 aromatic heterocycles. The molecule has 24 heavy (non-hydrogen) atoms. The zero-order valence-corrected chi connectivity index (χ0v) is 14.9. The third kappa shape index (κ3) is 2.40. The lowest BCUT2D eigenvalue weighted by Crippen LogP contribution is -2.30. The molecule has 3 nitrogen and oxygen atoms in total. The number of fused-ring (bicyclic) bond motifs is 3. The summed E-state index contributed by atoms with van der Waals surface area (Å²) in [6.45, 7) is 5.27. The maximum atomic E-state index is 6.25. The van der Waals surface area contributed by atoms with E-state index in [2.05, 4.69) is 36.3 Å². The van der Waals surface area contributed by atoms with E-state index in [0.29, 0.717) is 0 Å². The van der Waals surface area contributed by atoms with Gasteiger partial charge >= 0.3 is 0 Å². The van der Waals surface area contributed by atoms with E-state index in [4.69, 9.17) is 16.3 Å². The van der Waals surface area contributed by atoms with Crippen molar-refractivity contribution in [3.8, 4) is 5.75 Å². The van der Waals surface area contributed by atoms with Crippen LogP contribution in [-0.4, -0.2) is 18.6 Å². The molecule has 1 aliphatic rings. The average Bonchev–Trinajstić information content (AvgIpc) is 2.93. The number of aromatic amines is 1. The second kappa shape index (κ2) is 5.83. The SMILES string of the molecule is COc1ccc(Cl)cc1C1NCCc2c1[nH]c1cc(C)cc(C)c21. The van der Waals surface area contributed by atoms with Crippen molar-refractivity contribution in [3.63, 3.8) is 0 Å². The van der Waals surface area contributed by atoms with Gasteiger partial charge in [0.2, 0.25) is 0 Å². The normalized spacial score (nSPS) is 17.1. The van der Waals surface area contributed by atoms with Crippen LogP contribution in [0.4, 0.5) is 0 Å². The van der Waals surface area contributed by atoms with Crippen LogP contribution in [0, 0.1) is 13.8 Å². The van der Waals surface area contributed by atoms with E-state index in [1.165, 1.54) is 33.3 Å². The minimum atomic E-state index is 0.0644. The first-order chi connectivity index (χ1) is 11.6. The highest BCUT2D eigenvalue weighted by atomic mass is 35.5. The first-order valence-electron chi connectivity index (χ1n) is 8.27. The van der Waals surface area contributed by atoms with Crippen LogP contribution in [0.15, 0.2) is 30.3 Å². The summed E-state index contributed by atoms with van der Waals surface area (Å²) in [7, 11) is 1.70. The number of aromatic nitrogens is 1. The average molecular weight is 341 g/mol. The number of aryl methyl sites for hydroxylation is 2. The quantitative estimate of drug-likeness (QED) is 0.710. The van der Waals surface area contributed by atoms with Gasteiger partial charge in [-0.05, 0) is 61.2 Å². The molecule has 0 saturated heterocycles. The topological polar surface area (TPSA) is 37.0 Å². The number of rotatable bonds is 2. The summed E-state index contributed by atoms with van der Waals surface area (Å²) in [6, 6.07) is 10.4. The van der Waals surface area contributed by atoms with Crippen LogP contribution in [0.2, 0.25) is 5.02 Å². The molecular formula is C20H21ClN2O. The van der Waals surface area contributed by atoms with Crippen LogP contribution in [0.1, 0.15) is 34.0 Å². The number of nitrogens with one attached hydrogen (secondary N) is 2. The van der Waals surface area contributed by atoms with Gasteiger partial charge in [-0.15, -0.1) is 0 Å². The van der Waals surface area contributed by atoms with Gasteiger partial charge in [0.1, 0.15) is 5.75 Å². The Bertz CT molecular complexity index is 929. The third-order valence-corrected chi connectivity index (χ3v) is 5.13. The van der Waals surface area contributed by atoms with Crippen molar-refractivity contribution >= 4 is 22.5 Å². The van der Waals surface area contributed by atoms with E-state index in [1.807, 2.05) is 18.2 Å². The summed E-state index contributed by atoms with van der Waals surface area (Å²) in [6.07, 6.45) is 1.03. The van der Waals surface area contributed by atoms with Crippen LogP contribution in [0.3, 0.4) is 0 Å². The van der Waals surface area contributed by atoms with Gasteiger partial charge in [0.25, 0.3) is 0 Å². The Kier molecular flexibility index (Phi) is 3.78. The van der Waals surface area contributed by atoms with Gasteiger partial charge < -0.3 is 15.0 Å². The molecular weight excluding hydrogens is 320 g/mol. The van der Waals surface area contributed by atoms with Crippen molar-refractivity contribution in [1.82, 2.24) is 10.3 Å². The van der Waals surface area contributed by atoms with E-state index in [-0.39, 0.29) is 6.04 Å². The molecule has 0 aliphatic carbocycles. The fraction of sp³-hybridized carbons (Fsp3) is 0.300. The first-order valence-corrected chi connectivity index (χ1v) is 8.65. The van der Waals surface area contributed by atoms with Gasteiger partial charge in [0.15, 0.2) is 0 Å². The standard InChI is InChI=1S/C20H21ClN2O/c1-11-8-12(2)18-14-6-7-22-19(20(14)23-16(18)9-11)15-10-13(21)4-5-17(15)24-3/h4-5,8-10,19,22-23H,6-7H2,1-3H3. The van der Waals surface area contributed by atoms with Crippen LogP contribution in [-0.2, 0) is 6.42 Å². The van der Waals surface area contributed by atoms with Gasteiger partial charge in [-0.25, -0.2) is 0 Å². The summed E-state index contributed by atoms with van der Waals surface area (Å²) in [5.74, 6) is 0.858. The molecule has 1 unspecified atom stereocenters. The molecule has 0 bridgehead atoms. The maximum absolute atomic E-state index is 6.25. The summed E-state index contributed by atoms with van der Waals surface area (Å²) < 4.78 is 5.57. The van der Waals surface area contributed by atoms with Gasteiger partial charge in [0.05, 0.1) is 13.2 Å². The van der Waals surface area contributed by atoms with Gasteiger partial charge in [0, 0.05) is 33.7 Å². The van der Waals surface area contributed by atoms with Crippen LogP contribution < -0.4 is 10.1 Å². The largest absolute Gasteiger partial charge is 0.496 e. The van der Waals surface area contributed by atoms with Gasteiger partial charge in [-0.1, -0.05) is 17.7 Å². The lowest BCUT2D eigenvalue weighted by Gasteiger charge is -2.26. The second-order valence-corrected chi connectivity index (χ2v) is 6.98. The molecule has 0 fully saturated rings. The molecule has 0 spiro atoms.